The summed E-state index contributed by atoms with van der Waals surface area (Å²) in [6.45, 7) is 1.63. The number of carbonyl (C=O) groups excluding carboxylic acids is 4. The average Bonchev–Trinajstić information content (AvgIpc) is 3.48. The van der Waals surface area contributed by atoms with E-state index in [2.05, 4.69) is 16.0 Å². The van der Waals surface area contributed by atoms with Crippen LogP contribution < -0.4 is 21.7 Å². The lowest BCUT2D eigenvalue weighted by molar-refractivity contribution is -0.149. The molecule has 0 aromatic heterocycles. The smallest absolute Gasteiger partial charge is 0.326 e. The molecule has 0 bridgehead atoms. The van der Waals surface area contributed by atoms with Crippen molar-refractivity contribution in [3.8, 4) is 5.75 Å². The first-order valence-corrected chi connectivity index (χ1v) is 14.1. The van der Waals surface area contributed by atoms with E-state index in [1.807, 2.05) is 0 Å². The van der Waals surface area contributed by atoms with E-state index in [9.17, 15) is 44.1 Å². The molecule has 3 rings (SSSR count). The summed E-state index contributed by atoms with van der Waals surface area (Å²) in [5, 5.41) is 35.7. The Bertz CT molecular complexity index is 1350. The minimum atomic E-state index is -1.59. The molecular weight excluding hydrogens is 574 g/mol. The predicted molar refractivity (Wildman–Crippen MR) is 156 cm³/mol. The number of carboxylic acid groups (broad SMARTS) is 2. The van der Waals surface area contributed by atoms with Gasteiger partial charge in [0.25, 0.3) is 0 Å². The van der Waals surface area contributed by atoms with Gasteiger partial charge < -0.3 is 41.9 Å². The number of benzene rings is 2. The van der Waals surface area contributed by atoms with Crippen molar-refractivity contribution >= 4 is 35.6 Å². The standard InChI is InChI=1S/C30H37N5O9/c1-17(29(42)35-13-5-8-24(35)30(43)44)32-27(40)22(15-18-6-3-2-4-7-18)34-28(41)23(16-25(37)38)33-26(39)21(31)14-19-9-11-20(36)12-10-19/h2-4,6-7,9-12,17,21-24,36H,5,8,13-16,31H2,1H3,(H,32,40)(H,33,39)(H,34,41)(H,37,38)(H,43,44)/t17-,21-,22-,23-,24-/m0/s1. The molecule has 2 aromatic rings. The number of hydrogen-bond donors (Lipinski definition) is 7. The van der Waals surface area contributed by atoms with E-state index in [-0.39, 0.29) is 25.1 Å². The van der Waals surface area contributed by atoms with Crippen molar-refractivity contribution in [2.45, 2.75) is 69.2 Å². The summed E-state index contributed by atoms with van der Waals surface area (Å²) in [7, 11) is 0. The predicted octanol–water partition coefficient (Wildman–Crippen LogP) is -0.471. The van der Waals surface area contributed by atoms with Gasteiger partial charge in [-0.15, -0.1) is 0 Å². The van der Waals surface area contributed by atoms with Gasteiger partial charge in [-0.25, -0.2) is 4.79 Å². The third-order valence-corrected chi connectivity index (χ3v) is 7.21. The first kappa shape index (κ1) is 33.5. The van der Waals surface area contributed by atoms with E-state index in [0.29, 0.717) is 24.0 Å². The number of nitrogens with two attached hydrogens (primary N) is 1. The van der Waals surface area contributed by atoms with Crippen LogP contribution in [-0.4, -0.2) is 92.5 Å². The maximum atomic E-state index is 13.4. The molecule has 44 heavy (non-hydrogen) atoms. The number of rotatable bonds is 14. The number of hydrogen-bond acceptors (Lipinski definition) is 8. The molecule has 2 aromatic carbocycles. The van der Waals surface area contributed by atoms with Crippen LogP contribution in [0.1, 0.15) is 37.3 Å². The topological polar surface area (TPSA) is 228 Å². The lowest BCUT2D eigenvalue weighted by Crippen LogP contribution is -2.58. The highest BCUT2D eigenvalue weighted by Crippen LogP contribution is 2.18. The van der Waals surface area contributed by atoms with E-state index < -0.39 is 72.2 Å². The van der Waals surface area contributed by atoms with Gasteiger partial charge in [0, 0.05) is 13.0 Å². The number of carbonyl (C=O) groups is 6. The van der Waals surface area contributed by atoms with E-state index in [0.717, 1.165) is 0 Å². The van der Waals surface area contributed by atoms with Crippen LogP contribution >= 0.6 is 0 Å². The van der Waals surface area contributed by atoms with Crippen LogP contribution in [0.2, 0.25) is 0 Å². The molecule has 5 atom stereocenters. The lowest BCUT2D eigenvalue weighted by Gasteiger charge is -2.27. The summed E-state index contributed by atoms with van der Waals surface area (Å²) >= 11 is 0. The number of nitrogens with zero attached hydrogens (tertiary/aromatic N) is 1. The quantitative estimate of drug-likeness (QED) is 0.145. The van der Waals surface area contributed by atoms with Gasteiger partial charge >= 0.3 is 11.9 Å². The van der Waals surface area contributed by atoms with Gasteiger partial charge in [-0.05, 0) is 49.4 Å². The van der Waals surface area contributed by atoms with Crippen molar-refractivity contribution in [1.82, 2.24) is 20.9 Å². The largest absolute Gasteiger partial charge is 0.508 e. The monoisotopic (exact) mass is 611 g/mol. The van der Waals surface area contributed by atoms with Crippen molar-refractivity contribution in [3.63, 3.8) is 0 Å². The van der Waals surface area contributed by atoms with Crippen LogP contribution in [0, 0.1) is 0 Å². The van der Waals surface area contributed by atoms with E-state index in [4.69, 9.17) is 5.73 Å². The molecule has 0 saturated carbocycles. The van der Waals surface area contributed by atoms with Gasteiger partial charge in [0.15, 0.2) is 0 Å². The normalized spacial score (nSPS) is 17.0. The molecule has 14 heteroatoms. The molecule has 0 unspecified atom stereocenters. The summed E-state index contributed by atoms with van der Waals surface area (Å²) in [4.78, 5) is 76.8. The van der Waals surface area contributed by atoms with E-state index >= 15 is 0 Å². The number of nitrogens with one attached hydrogen (secondary N) is 3. The molecule has 1 aliphatic rings. The first-order chi connectivity index (χ1) is 20.8. The molecule has 1 aliphatic heterocycles. The Balaban J connectivity index is 1.73. The molecule has 0 radical (unpaired) electrons. The first-order valence-electron chi connectivity index (χ1n) is 14.1. The van der Waals surface area contributed by atoms with Crippen LogP contribution in [0.25, 0.3) is 0 Å². The zero-order valence-corrected chi connectivity index (χ0v) is 24.1. The van der Waals surface area contributed by atoms with E-state index in [1.54, 1.807) is 42.5 Å². The second-order valence-electron chi connectivity index (χ2n) is 10.6. The Morgan fingerprint density at radius 2 is 1.43 bits per heavy atom. The number of likely N-dealkylation sites (tertiary alicyclic amines) is 1. The third-order valence-electron chi connectivity index (χ3n) is 7.21. The number of amides is 4. The Labute approximate surface area is 253 Å². The summed E-state index contributed by atoms with van der Waals surface area (Å²) in [6.07, 6.45) is 0.00574. The molecule has 1 saturated heterocycles. The molecule has 1 heterocycles. The van der Waals surface area contributed by atoms with Crippen molar-refractivity contribution < 1.29 is 44.1 Å². The fourth-order valence-electron chi connectivity index (χ4n) is 4.88. The maximum absolute atomic E-state index is 13.4. The minimum absolute atomic E-state index is 0.0262. The molecule has 4 amide bonds. The Morgan fingerprint density at radius 3 is 2.05 bits per heavy atom. The number of aliphatic carboxylic acids is 2. The van der Waals surface area contributed by atoms with Crippen LogP contribution in [0.4, 0.5) is 0 Å². The van der Waals surface area contributed by atoms with Crippen molar-refractivity contribution in [1.29, 1.82) is 0 Å². The number of carboxylic acids is 2. The zero-order chi connectivity index (χ0) is 32.4. The zero-order valence-electron chi connectivity index (χ0n) is 24.1. The third kappa shape index (κ3) is 9.52. The van der Waals surface area contributed by atoms with Gasteiger partial charge in [-0.3, -0.25) is 24.0 Å². The van der Waals surface area contributed by atoms with Gasteiger partial charge in [0.05, 0.1) is 12.5 Å². The minimum Gasteiger partial charge on any atom is -0.508 e. The highest BCUT2D eigenvalue weighted by molar-refractivity contribution is 5.96. The second kappa shape index (κ2) is 15.5. The molecule has 236 valence electrons. The summed E-state index contributed by atoms with van der Waals surface area (Å²) in [6, 6.07) is 8.45. The Morgan fingerprint density at radius 1 is 0.841 bits per heavy atom. The number of aromatic hydroxyl groups is 1. The molecule has 8 N–H and O–H groups in total. The highest BCUT2D eigenvalue weighted by Gasteiger charge is 2.37. The summed E-state index contributed by atoms with van der Waals surface area (Å²) < 4.78 is 0. The van der Waals surface area contributed by atoms with Crippen molar-refractivity contribution in [2.75, 3.05) is 6.54 Å². The van der Waals surface area contributed by atoms with Gasteiger partial charge in [0.1, 0.15) is 29.9 Å². The molecular formula is C30H37N5O9. The SMILES string of the molecule is C[C@H](NC(=O)[C@H](Cc1ccccc1)NC(=O)[C@H](CC(=O)O)NC(=O)[C@@H](N)Cc1ccc(O)cc1)C(=O)N1CCC[C@H]1C(=O)O. The molecule has 14 nitrogen and oxygen atoms in total. The lowest BCUT2D eigenvalue weighted by atomic mass is 10.0. The van der Waals surface area contributed by atoms with Crippen LogP contribution in [0.5, 0.6) is 5.75 Å². The Kier molecular flexibility index (Phi) is 11.8. The second-order valence-corrected chi connectivity index (χ2v) is 10.6. The van der Waals surface area contributed by atoms with Gasteiger partial charge in [-0.1, -0.05) is 42.5 Å². The van der Waals surface area contributed by atoms with Crippen LogP contribution in [-0.2, 0) is 41.6 Å². The molecule has 0 spiro atoms. The summed E-state index contributed by atoms with van der Waals surface area (Å²) in [5.41, 5.74) is 7.26. The molecule has 1 fully saturated rings. The van der Waals surface area contributed by atoms with Crippen LogP contribution in [0.15, 0.2) is 54.6 Å². The number of phenols is 1. The molecule has 0 aliphatic carbocycles. The Hall–Kier alpha value is -4.98. The fourth-order valence-corrected chi connectivity index (χ4v) is 4.88. The summed E-state index contributed by atoms with van der Waals surface area (Å²) in [5.74, 6) is -5.62. The van der Waals surface area contributed by atoms with Crippen molar-refractivity contribution in [3.05, 3.63) is 65.7 Å². The van der Waals surface area contributed by atoms with Gasteiger partial charge in [0.2, 0.25) is 23.6 Å². The number of phenolic OH excluding ortho intramolecular Hbond substituents is 1. The maximum Gasteiger partial charge on any atom is 0.326 e. The van der Waals surface area contributed by atoms with Gasteiger partial charge in [-0.2, -0.15) is 0 Å². The van der Waals surface area contributed by atoms with Crippen molar-refractivity contribution in [2.24, 2.45) is 5.73 Å². The average molecular weight is 612 g/mol. The van der Waals surface area contributed by atoms with E-state index in [1.165, 1.54) is 24.0 Å². The van der Waals surface area contributed by atoms with Crippen LogP contribution in [0.3, 0.4) is 0 Å². The highest BCUT2D eigenvalue weighted by atomic mass is 16.4. The fraction of sp³-hybridized carbons (Fsp3) is 0.400.